The third-order valence-corrected chi connectivity index (χ3v) is 3.26. The van der Waals surface area contributed by atoms with Gasteiger partial charge in [-0.25, -0.2) is 0 Å². The molecule has 112 valence electrons. The van der Waals surface area contributed by atoms with Crippen LogP contribution in [0.3, 0.4) is 0 Å². The van der Waals surface area contributed by atoms with E-state index in [4.69, 9.17) is 16.3 Å². The van der Waals surface area contributed by atoms with Crippen LogP contribution in [0.4, 0.5) is 0 Å². The van der Waals surface area contributed by atoms with E-state index in [1.807, 2.05) is 20.8 Å². The Morgan fingerprint density at radius 2 is 2.15 bits per heavy atom. The van der Waals surface area contributed by atoms with Crippen LogP contribution in [0.15, 0.2) is 18.2 Å². The highest BCUT2D eigenvalue weighted by Crippen LogP contribution is 2.20. The van der Waals surface area contributed by atoms with E-state index in [1.54, 1.807) is 18.2 Å². The van der Waals surface area contributed by atoms with Gasteiger partial charge in [-0.15, -0.1) is 0 Å². The van der Waals surface area contributed by atoms with Gasteiger partial charge in [-0.2, -0.15) is 0 Å². The second kappa shape index (κ2) is 8.12. The molecule has 0 aliphatic carbocycles. The van der Waals surface area contributed by atoms with Crippen LogP contribution in [0.25, 0.3) is 0 Å². The molecule has 1 aromatic carbocycles. The zero-order valence-corrected chi connectivity index (χ0v) is 12.9. The summed E-state index contributed by atoms with van der Waals surface area (Å²) in [6, 6.07) is 5.02. The average Bonchev–Trinajstić information content (AvgIpc) is 2.39. The molecule has 5 heteroatoms. The van der Waals surface area contributed by atoms with E-state index in [9.17, 15) is 9.90 Å². The largest absolute Gasteiger partial charge is 0.484 e. The Morgan fingerprint density at radius 3 is 2.70 bits per heavy atom. The maximum Gasteiger partial charge on any atom is 0.258 e. The van der Waals surface area contributed by atoms with E-state index in [0.29, 0.717) is 16.7 Å². The van der Waals surface area contributed by atoms with Gasteiger partial charge in [0.2, 0.25) is 0 Å². The van der Waals surface area contributed by atoms with Crippen molar-refractivity contribution in [1.29, 1.82) is 0 Å². The summed E-state index contributed by atoms with van der Waals surface area (Å²) in [4.78, 5) is 11.7. The number of rotatable bonds is 7. The van der Waals surface area contributed by atoms with Crippen LogP contribution < -0.4 is 10.1 Å². The van der Waals surface area contributed by atoms with Crippen LogP contribution in [-0.2, 0) is 4.79 Å². The van der Waals surface area contributed by atoms with Gasteiger partial charge in [0.1, 0.15) is 5.75 Å². The quantitative estimate of drug-likeness (QED) is 0.813. The van der Waals surface area contributed by atoms with Crippen molar-refractivity contribution < 1.29 is 14.6 Å². The maximum atomic E-state index is 11.7. The van der Waals surface area contributed by atoms with Crippen molar-refractivity contribution in [3.63, 3.8) is 0 Å². The van der Waals surface area contributed by atoms with Crippen molar-refractivity contribution in [2.75, 3.05) is 13.2 Å². The maximum absolute atomic E-state index is 11.7. The van der Waals surface area contributed by atoms with E-state index in [-0.39, 0.29) is 25.2 Å². The molecule has 1 rings (SSSR count). The Morgan fingerprint density at radius 1 is 1.45 bits per heavy atom. The molecular weight excluding hydrogens is 278 g/mol. The highest BCUT2D eigenvalue weighted by atomic mass is 35.5. The molecule has 1 amide bonds. The van der Waals surface area contributed by atoms with Crippen molar-refractivity contribution >= 4 is 17.5 Å². The third kappa shape index (κ3) is 5.80. The van der Waals surface area contributed by atoms with Gasteiger partial charge < -0.3 is 15.2 Å². The summed E-state index contributed by atoms with van der Waals surface area (Å²) in [5.74, 6) is 0.774. The first-order valence-electron chi connectivity index (χ1n) is 6.71. The number of amides is 1. The number of hydrogen-bond acceptors (Lipinski definition) is 3. The lowest BCUT2D eigenvalue weighted by molar-refractivity contribution is -0.124. The number of aryl methyl sites for hydroxylation is 1. The van der Waals surface area contributed by atoms with Gasteiger partial charge in [0.15, 0.2) is 6.61 Å². The molecule has 0 bridgehead atoms. The summed E-state index contributed by atoms with van der Waals surface area (Å²) < 4.78 is 5.40. The number of carbonyl (C=O) groups is 1. The van der Waals surface area contributed by atoms with Crippen LogP contribution in [0.5, 0.6) is 5.75 Å². The van der Waals surface area contributed by atoms with Crippen LogP contribution in [-0.4, -0.2) is 30.3 Å². The number of aliphatic hydroxyl groups excluding tert-OH is 1. The van der Waals surface area contributed by atoms with Gasteiger partial charge in [-0.05, 0) is 43.0 Å². The second-order valence-corrected chi connectivity index (χ2v) is 5.68. The number of hydrogen-bond donors (Lipinski definition) is 2. The van der Waals surface area contributed by atoms with Crippen molar-refractivity contribution in [1.82, 2.24) is 5.32 Å². The minimum absolute atomic E-state index is 0.0655. The summed E-state index contributed by atoms with van der Waals surface area (Å²) in [6.07, 6.45) is 0.738. The minimum atomic E-state index is -0.239. The molecule has 1 atom stereocenters. The van der Waals surface area contributed by atoms with Gasteiger partial charge in [0, 0.05) is 5.02 Å². The Balaban J connectivity index is 2.44. The summed E-state index contributed by atoms with van der Waals surface area (Å²) in [6.45, 7) is 5.82. The first-order chi connectivity index (χ1) is 9.42. The van der Waals surface area contributed by atoms with Crippen LogP contribution >= 0.6 is 11.6 Å². The molecule has 1 unspecified atom stereocenters. The lowest BCUT2D eigenvalue weighted by atomic mass is 10.0. The standard InChI is InChI=1S/C15H22ClNO3/c1-10(2)6-12(8-18)17-15(19)9-20-13-4-5-14(16)11(3)7-13/h4-5,7,10,12,18H,6,8-9H2,1-3H3,(H,17,19). The normalized spacial score (nSPS) is 12.3. The lowest BCUT2D eigenvalue weighted by Gasteiger charge is -2.18. The average molecular weight is 300 g/mol. The summed E-state index contributed by atoms with van der Waals surface area (Å²) in [7, 11) is 0. The molecule has 2 N–H and O–H groups in total. The van der Waals surface area contributed by atoms with Gasteiger partial charge in [0.25, 0.3) is 5.91 Å². The van der Waals surface area contributed by atoms with Gasteiger partial charge in [0.05, 0.1) is 12.6 Å². The van der Waals surface area contributed by atoms with Crippen LogP contribution in [0.1, 0.15) is 25.8 Å². The molecule has 4 nitrogen and oxygen atoms in total. The Labute approximate surface area is 125 Å². The predicted molar refractivity (Wildman–Crippen MR) is 80.2 cm³/mol. The fourth-order valence-electron chi connectivity index (χ4n) is 1.87. The molecule has 0 aliphatic heterocycles. The van der Waals surface area contributed by atoms with E-state index in [1.165, 1.54) is 0 Å². The zero-order chi connectivity index (χ0) is 15.1. The zero-order valence-electron chi connectivity index (χ0n) is 12.1. The van der Waals surface area contributed by atoms with Gasteiger partial charge in [-0.3, -0.25) is 4.79 Å². The number of benzene rings is 1. The summed E-state index contributed by atoms with van der Waals surface area (Å²) in [5.41, 5.74) is 0.901. The Hall–Kier alpha value is -1.26. The minimum Gasteiger partial charge on any atom is -0.484 e. The van der Waals surface area contributed by atoms with Crippen molar-refractivity contribution in [3.05, 3.63) is 28.8 Å². The third-order valence-electron chi connectivity index (χ3n) is 2.84. The first kappa shape index (κ1) is 16.8. The fraction of sp³-hybridized carbons (Fsp3) is 0.533. The van der Waals surface area contributed by atoms with E-state index in [0.717, 1.165) is 12.0 Å². The number of aliphatic hydroxyl groups is 1. The summed E-state index contributed by atoms with van der Waals surface area (Å²) >= 11 is 5.92. The topological polar surface area (TPSA) is 58.6 Å². The molecule has 0 aromatic heterocycles. The smallest absolute Gasteiger partial charge is 0.258 e. The Kier molecular flexibility index (Phi) is 6.82. The molecule has 20 heavy (non-hydrogen) atoms. The molecule has 1 aromatic rings. The molecule has 0 saturated heterocycles. The lowest BCUT2D eigenvalue weighted by Crippen LogP contribution is -2.40. The second-order valence-electron chi connectivity index (χ2n) is 5.28. The van der Waals surface area contributed by atoms with Crippen LogP contribution in [0.2, 0.25) is 5.02 Å². The molecule has 0 radical (unpaired) electrons. The highest BCUT2D eigenvalue weighted by molar-refractivity contribution is 6.31. The van der Waals surface area contributed by atoms with Gasteiger partial charge in [-0.1, -0.05) is 25.4 Å². The predicted octanol–water partition coefficient (Wildman–Crippen LogP) is 2.55. The van der Waals surface area contributed by atoms with Crippen LogP contribution in [0, 0.1) is 12.8 Å². The monoisotopic (exact) mass is 299 g/mol. The highest BCUT2D eigenvalue weighted by Gasteiger charge is 2.13. The van der Waals surface area contributed by atoms with Gasteiger partial charge >= 0.3 is 0 Å². The SMILES string of the molecule is Cc1cc(OCC(=O)NC(CO)CC(C)C)ccc1Cl. The van der Waals surface area contributed by atoms with Crippen molar-refractivity contribution in [2.45, 2.75) is 33.2 Å². The van der Waals surface area contributed by atoms with Crippen molar-refractivity contribution in [3.8, 4) is 5.75 Å². The van der Waals surface area contributed by atoms with E-state index >= 15 is 0 Å². The summed E-state index contributed by atoms with van der Waals surface area (Å²) in [5, 5.41) is 12.6. The molecular formula is C15H22ClNO3. The fourth-order valence-corrected chi connectivity index (χ4v) is 1.99. The van der Waals surface area contributed by atoms with Crippen molar-refractivity contribution in [2.24, 2.45) is 5.92 Å². The number of halogens is 1. The Bertz CT molecular complexity index is 449. The first-order valence-corrected chi connectivity index (χ1v) is 7.09. The molecule has 0 spiro atoms. The number of ether oxygens (including phenoxy) is 1. The molecule has 0 saturated carbocycles. The number of nitrogens with one attached hydrogen (secondary N) is 1. The van der Waals surface area contributed by atoms with E-state index < -0.39 is 0 Å². The number of carbonyl (C=O) groups excluding carboxylic acids is 1. The molecule has 0 aliphatic rings. The van der Waals surface area contributed by atoms with E-state index in [2.05, 4.69) is 5.32 Å². The molecule has 0 heterocycles. The molecule has 0 fully saturated rings.